The molecule has 2 aliphatic rings. The maximum atomic E-state index is 10.6. The summed E-state index contributed by atoms with van der Waals surface area (Å²) < 4.78 is 30.9. The molecule has 0 radical (unpaired) electrons. The van der Waals surface area contributed by atoms with Crippen LogP contribution < -0.4 is 5.73 Å². The molecule has 2 fully saturated rings. The molecule has 2 aromatic rings. The van der Waals surface area contributed by atoms with E-state index in [-0.39, 0.29) is 12.4 Å². The molecular weight excluding hydrogens is 444 g/mol. The quantitative estimate of drug-likeness (QED) is 0.479. The van der Waals surface area contributed by atoms with E-state index in [1.807, 2.05) is 0 Å². The van der Waals surface area contributed by atoms with Crippen molar-refractivity contribution in [3.05, 3.63) is 12.7 Å². The van der Waals surface area contributed by atoms with Gasteiger partial charge in [0, 0.05) is 0 Å². The number of nitrogen functional groups attached to an aromatic ring is 1. The Morgan fingerprint density at radius 3 is 3.32 bits per heavy atom. The van der Waals surface area contributed by atoms with Crippen LogP contribution in [-0.4, -0.2) is 50.7 Å². The molecule has 0 amide bonds. The summed E-state index contributed by atoms with van der Waals surface area (Å²) in [6.07, 6.45) is -0.351. The van der Waals surface area contributed by atoms with Gasteiger partial charge in [-0.2, -0.15) is 0 Å². The Bertz CT molecular complexity index is 843. The molecule has 2 unspecified atom stereocenters. The SMILES string of the molecule is [2H]I([3H])P1(=S)OC[C@H]2O[C@@H](n3cnc4c(N)ncnc43)[C@@H](O)C2O1. The average Bonchev–Trinajstić information content (AvgIpc) is 3.10. The predicted molar refractivity (Wildman–Crippen MR) is 91.6 cm³/mol. The van der Waals surface area contributed by atoms with Gasteiger partial charge in [0.25, 0.3) is 0 Å². The number of rotatable bonds is 2. The number of fused-ring (bicyclic) bond motifs is 2. The van der Waals surface area contributed by atoms with Gasteiger partial charge in [0.15, 0.2) is 0 Å². The van der Waals surface area contributed by atoms with Gasteiger partial charge in [-0.05, 0) is 0 Å². The fourth-order valence-corrected chi connectivity index (χ4v) is 5.30. The van der Waals surface area contributed by atoms with E-state index in [4.69, 9.17) is 32.5 Å². The van der Waals surface area contributed by atoms with E-state index in [9.17, 15) is 5.11 Å². The van der Waals surface area contributed by atoms with Crippen LogP contribution >= 0.6 is 25.8 Å². The van der Waals surface area contributed by atoms with Crippen LogP contribution in [0.3, 0.4) is 0 Å². The number of hydrogen-bond acceptors (Lipinski definition) is 9. The third kappa shape index (κ3) is 2.35. The summed E-state index contributed by atoms with van der Waals surface area (Å²) in [7, 11) is 0. The molecular formula is C10H13IN5O4PS. The Balaban J connectivity index is 1.67. The standard InChI is InChI=1S/C10H13IN5O4PS/c11-21(22)18-1-4-7(20-21)6(17)10(19-4)16-3-15-5-8(12)13-2-14-9(5)16/h2-4,6-7,10,17H,1,11H2,(H2,12,13,14)/t4-,6+,7?,10-,21?/m1/s1/i11TD. The summed E-state index contributed by atoms with van der Waals surface area (Å²) in [6, 6.07) is 0. The van der Waals surface area contributed by atoms with E-state index >= 15 is 0 Å². The van der Waals surface area contributed by atoms with E-state index in [2.05, 4.69) is 15.0 Å². The Kier molecular flexibility index (Phi) is 3.11. The van der Waals surface area contributed by atoms with Crippen molar-refractivity contribution in [1.82, 2.24) is 19.5 Å². The van der Waals surface area contributed by atoms with Crippen LogP contribution in [0.2, 0.25) is 0 Å². The molecule has 0 bridgehead atoms. The molecule has 4 rings (SSSR count). The van der Waals surface area contributed by atoms with Crippen molar-refractivity contribution in [1.29, 1.82) is 1.19 Å². The first-order valence-corrected chi connectivity index (χ1v) is 11.8. The van der Waals surface area contributed by atoms with E-state index in [0.717, 1.165) is 0 Å². The fraction of sp³-hybridized carbons (Fsp3) is 0.500. The van der Waals surface area contributed by atoms with Gasteiger partial charge in [0.05, 0.1) is 0 Å². The van der Waals surface area contributed by atoms with Gasteiger partial charge in [-0.15, -0.1) is 0 Å². The van der Waals surface area contributed by atoms with Crippen molar-refractivity contribution >= 4 is 54.6 Å². The van der Waals surface area contributed by atoms with Crippen molar-refractivity contribution < 1.29 is 18.9 Å². The summed E-state index contributed by atoms with van der Waals surface area (Å²) in [5.41, 5.74) is 6.61. The van der Waals surface area contributed by atoms with Crippen molar-refractivity contribution in [3.63, 3.8) is 0 Å². The summed E-state index contributed by atoms with van der Waals surface area (Å²) in [5, 5.41) is 10.6. The van der Waals surface area contributed by atoms with Crippen LogP contribution in [0.1, 0.15) is 6.23 Å². The average molecular weight is 460 g/mol. The van der Waals surface area contributed by atoms with E-state index < -0.39 is 50.3 Å². The zero-order chi connectivity index (χ0) is 17.1. The number of nitrogens with zero attached hydrogens (tertiary/aromatic N) is 4. The van der Waals surface area contributed by atoms with Crippen LogP contribution in [0.25, 0.3) is 11.2 Å². The second-order valence-electron chi connectivity index (χ2n) is 4.94. The van der Waals surface area contributed by atoms with Crippen molar-refractivity contribution in [2.24, 2.45) is 0 Å². The minimum atomic E-state index is -2.99. The van der Waals surface area contributed by atoms with E-state index in [1.54, 1.807) is 4.57 Å². The van der Waals surface area contributed by atoms with E-state index in [0.29, 0.717) is 11.2 Å². The second-order valence-corrected chi connectivity index (χ2v) is 13.5. The molecule has 4 heterocycles. The molecule has 120 valence electrons. The number of anilines is 1. The maximum absolute atomic E-state index is 10.6. The van der Waals surface area contributed by atoms with Crippen molar-refractivity contribution in [3.8, 4) is 0 Å². The van der Waals surface area contributed by atoms with E-state index in [1.165, 1.54) is 12.7 Å². The molecule has 0 saturated carbocycles. The number of halogens is 1. The fourth-order valence-electron chi connectivity index (χ4n) is 2.61. The summed E-state index contributed by atoms with van der Waals surface area (Å²) in [5.74, 6) is 0.233. The first-order valence-electron chi connectivity index (χ1n) is 7.11. The molecule has 0 aromatic carbocycles. The number of aliphatic hydroxyl groups is 1. The van der Waals surface area contributed by atoms with Crippen molar-refractivity contribution in [2.75, 3.05) is 12.3 Å². The van der Waals surface area contributed by atoms with Crippen LogP contribution in [0.4, 0.5) is 5.82 Å². The second kappa shape index (κ2) is 5.30. The van der Waals surface area contributed by atoms with Crippen LogP contribution in [0.5, 0.6) is 0 Å². The molecule has 12 heteroatoms. The van der Waals surface area contributed by atoms with Crippen molar-refractivity contribution in [2.45, 2.75) is 24.5 Å². The molecule has 2 saturated heterocycles. The number of aromatic nitrogens is 4. The summed E-state index contributed by atoms with van der Waals surface area (Å²) >= 11 is 2.23. The Hall–Kier alpha value is -0.430. The van der Waals surface area contributed by atoms with Gasteiger partial charge in [-0.1, -0.05) is 0 Å². The third-order valence-corrected chi connectivity index (χ3v) is 6.66. The molecule has 5 atom stereocenters. The molecule has 22 heavy (non-hydrogen) atoms. The Morgan fingerprint density at radius 2 is 2.50 bits per heavy atom. The van der Waals surface area contributed by atoms with Gasteiger partial charge in [-0.25, -0.2) is 0 Å². The Labute approximate surface area is 143 Å². The zero-order valence-corrected chi connectivity index (χ0v) is 14.8. The topological polar surface area (TPSA) is 118 Å². The Morgan fingerprint density at radius 1 is 1.64 bits per heavy atom. The summed E-state index contributed by atoms with van der Waals surface area (Å²) in [6.45, 7) is 0.102. The molecule has 0 aliphatic carbocycles. The van der Waals surface area contributed by atoms with Gasteiger partial charge < -0.3 is 0 Å². The normalized spacial score (nSPS) is 40.1. The molecule has 9 nitrogen and oxygen atoms in total. The third-order valence-electron chi connectivity index (χ3n) is 3.61. The zero-order valence-electron chi connectivity index (χ0n) is 12.9. The molecule has 2 aliphatic heterocycles. The van der Waals surface area contributed by atoms with Gasteiger partial charge in [0.1, 0.15) is 0 Å². The van der Waals surface area contributed by atoms with Crippen LogP contribution in [-0.2, 0) is 25.6 Å². The molecule has 3 N–H and O–H groups in total. The van der Waals surface area contributed by atoms with Crippen LogP contribution in [0.15, 0.2) is 12.7 Å². The number of ether oxygens (including phenoxy) is 1. The van der Waals surface area contributed by atoms with Gasteiger partial charge >= 0.3 is 144 Å². The van der Waals surface area contributed by atoms with Gasteiger partial charge in [0.2, 0.25) is 0 Å². The number of hydrogen-bond donors (Lipinski definition) is 2. The molecule has 2 aromatic heterocycles. The number of aliphatic hydroxyl groups excluding tert-OH is 1. The number of nitrogens with two attached hydrogens (primary N) is 1. The summed E-state index contributed by atoms with van der Waals surface area (Å²) in [4.78, 5) is 12.2. The predicted octanol–water partition coefficient (Wildman–Crippen LogP) is 0.206. The molecule has 0 spiro atoms. The number of imidazole rings is 1. The minimum absolute atomic E-state index is 0.102. The monoisotopic (exact) mass is 460 g/mol. The van der Waals surface area contributed by atoms with Gasteiger partial charge in [-0.3, -0.25) is 0 Å². The first-order chi connectivity index (χ1) is 11.4. The first kappa shape index (κ1) is 12.9. The van der Waals surface area contributed by atoms with Crippen LogP contribution in [0, 0.1) is 0 Å².